The van der Waals surface area contributed by atoms with Crippen molar-refractivity contribution in [2.24, 2.45) is 11.5 Å². The summed E-state index contributed by atoms with van der Waals surface area (Å²) in [4.78, 5) is 0. The summed E-state index contributed by atoms with van der Waals surface area (Å²) in [6.45, 7) is 0. The number of thiocarbonyl (C=S) groups is 2. The van der Waals surface area contributed by atoms with Gasteiger partial charge in [0, 0.05) is 24.4 Å². The third kappa shape index (κ3) is 690. The van der Waals surface area contributed by atoms with Crippen molar-refractivity contribution < 1.29 is 22.6 Å². The summed E-state index contributed by atoms with van der Waals surface area (Å²) in [5.41, 5.74) is 15.8. The number of rotatable bonds is 0. The fraction of sp³-hybridized carbons (Fsp3) is 0. The van der Waals surface area contributed by atoms with E-state index in [0.717, 1.165) is 11.1 Å². The fourth-order valence-electron chi connectivity index (χ4n) is 0. The van der Waals surface area contributed by atoms with Crippen molar-refractivity contribution in [1.82, 2.24) is 0 Å². The van der Waals surface area contributed by atoms with Crippen LogP contribution in [0.25, 0.3) is 0 Å². The van der Waals surface area contributed by atoms with E-state index in [0.29, 0.717) is 0 Å². The van der Waals surface area contributed by atoms with Crippen molar-refractivity contribution in [1.29, 1.82) is 0 Å². The molecule has 0 bridgehead atoms. The quantitative estimate of drug-likeness (QED) is 0.393. The number of hydrogen-bond donors (Lipinski definition) is 4. The molecule has 0 amide bonds. The normalized spacial score (nSPS) is 6.55. The molecule has 0 aromatic rings. The molecule has 71 valence electrons. The van der Waals surface area contributed by atoms with E-state index >= 15 is 0 Å². The number of halogens is 2. The Labute approximate surface area is 96.2 Å². The van der Waals surface area contributed by atoms with Crippen LogP contribution < -0.4 is 22.9 Å². The molecule has 0 fully saturated rings. The summed E-state index contributed by atoms with van der Waals surface area (Å²) in [5, 5.41) is 0.500. The van der Waals surface area contributed by atoms with E-state index in [1.807, 2.05) is 0 Å². The van der Waals surface area contributed by atoms with Crippen LogP contribution in [0.3, 0.4) is 0 Å². The van der Waals surface area contributed by atoms with Crippen LogP contribution in [0.2, 0.25) is 0 Å². The minimum atomic E-state index is 0.250. The maximum atomic E-state index is 4.73. The second kappa shape index (κ2) is 17.3. The molecule has 0 radical (unpaired) electrons. The second-order valence-electron chi connectivity index (χ2n) is 0.980. The Kier molecular flexibility index (Phi) is 28.4. The van der Waals surface area contributed by atoms with E-state index < -0.39 is 0 Å². The zero-order chi connectivity index (χ0) is 9.86. The van der Waals surface area contributed by atoms with Crippen molar-refractivity contribution in [3.8, 4) is 0 Å². The molecule has 10 N–H and O–H groups in total. The molecule has 0 heterocycles. The summed E-state index contributed by atoms with van der Waals surface area (Å²) in [7, 11) is 0. The monoisotopic (exact) mass is 371 g/mol. The second-order valence-corrected chi connectivity index (χ2v) is 7.28. The van der Waals surface area contributed by atoms with Gasteiger partial charge in [-0.1, -0.05) is 0 Å². The van der Waals surface area contributed by atoms with Gasteiger partial charge < -0.3 is 22.9 Å². The first kappa shape index (κ1) is 18.1. The molecule has 4 nitrogen and oxygen atoms in total. The van der Waals surface area contributed by atoms with Gasteiger partial charge in [-0.3, -0.25) is 0 Å². The first-order chi connectivity index (χ1) is 4.88. The van der Waals surface area contributed by atoms with Crippen LogP contribution >= 0.6 is 52.8 Å². The van der Waals surface area contributed by atoms with E-state index in [9.17, 15) is 0 Å². The van der Waals surface area contributed by atoms with Gasteiger partial charge in [-0.15, -0.1) is 0 Å². The van der Waals surface area contributed by atoms with Crippen LogP contribution in [0.1, 0.15) is 0 Å². The molecule has 9 heteroatoms. The third-order valence-electron chi connectivity index (χ3n) is 0. The van der Waals surface area contributed by atoms with Gasteiger partial charge >= 0.3 is 39.5 Å². The van der Waals surface area contributed by atoms with E-state index in [1.54, 1.807) is 0 Å². The first-order valence-electron chi connectivity index (χ1n) is 1.94. The van der Waals surface area contributed by atoms with Crippen molar-refractivity contribution in [2.45, 2.75) is 0 Å². The number of quaternary nitrogens is 2. The van der Waals surface area contributed by atoms with Gasteiger partial charge in [0.25, 0.3) is 10.2 Å². The molecule has 0 saturated carbocycles. The zero-order valence-corrected chi connectivity index (χ0v) is 11.3. The molecule has 0 spiro atoms. The molecule has 0 unspecified atom stereocenters. The predicted octanol–water partition coefficient (Wildman–Crippen LogP) is -1.37. The van der Waals surface area contributed by atoms with E-state index in [-0.39, 0.29) is 10.2 Å². The summed E-state index contributed by atoms with van der Waals surface area (Å²) in [6.07, 6.45) is 0. The molecule has 0 aliphatic heterocycles. The Balaban J connectivity index is -0.0000000886. The zero-order valence-electron chi connectivity index (χ0n) is 5.47. The summed E-state index contributed by atoms with van der Waals surface area (Å²) in [5.74, 6) is 0. The van der Waals surface area contributed by atoms with Crippen molar-refractivity contribution in [2.75, 3.05) is 0 Å². The van der Waals surface area contributed by atoms with Gasteiger partial charge in [-0.05, 0) is 0 Å². The number of hydrogen-bond acceptors (Lipinski definition) is 2. The molecule has 0 aromatic carbocycles. The minimum absolute atomic E-state index is 0.250. The van der Waals surface area contributed by atoms with E-state index in [4.69, 9.17) is 11.5 Å². The van der Waals surface area contributed by atoms with Gasteiger partial charge in [-0.25, -0.2) is 0 Å². The Morgan fingerprint density at radius 2 is 1.09 bits per heavy atom. The summed E-state index contributed by atoms with van der Waals surface area (Å²) in [6, 6.07) is 0. The standard InChI is InChI=1S/2CH4N2S.2BrH.Co/c2*2-1(3)4;;;/h2*(H4,2,3,4);2*1H;/q;;;;+2. The van der Waals surface area contributed by atoms with Crippen LogP contribution in [0.5, 0.6) is 0 Å². The topological polar surface area (TPSA) is 107 Å². The van der Waals surface area contributed by atoms with Gasteiger partial charge in [0.2, 0.25) is 0 Å². The predicted molar refractivity (Wildman–Crippen MR) is 57.2 cm³/mol. The maximum absolute atomic E-state index is 4.73. The first-order valence-corrected chi connectivity index (χ1v) is 7.91. The van der Waals surface area contributed by atoms with Gasteiger partial charge in [-0.2, -0.15) is 0 Å². The molecular formula is C2H10Br2CoN4S2+2. The molecule has 0 atom stereocenters. The van der Waals surface area contributed by atoms with Gasteiger partial charge in [0.1, 0.15) is 0 Å². The van der Waals surface area contributed by atoms with Crippen molar-refractivity contribution in [3.05, 3.63) is 0 Å². The Bertz CT molecular complexity index is 92.3. The van der Waals surface area contributed by atoms with Crippen LogP contribution in [0.4, 0.5) is 0 Å². The molecule has 0 rings (SSSR count). The average Bonchev–Trinajstić information content (AvgIpc) is 1.60. The molecule has 0 aliphatic rings. The van der Waals surface area contributed by atoms with Gasteiger partial charge in [0.15, 0.2) is 0 Å². The van der Waals surface area contributed by atoms with Crippen LogP contribution in [0, 0.1) is 0 Å². The molecular weight excluding hydrogens is 363 g/mol. The SMILES string of the molecule is NC([NH3+])=S.NC([NH3+])=S.[Br][Co][Br]. The molecule has 0 aromatic heterocycles. The van der Waals surface area contributed by atoms with E-state index in [2.05, 4.69) is 64.2 Å². The fourth-order valence-corrected chi connectivity index (χ4v) is 0. The summed E-state index contributed by atoms with van der Waals surface area (Å²) >= 11 is 15.5. The van der Waals surface area contributed by atoms with Crippen molar-refractivity contribution in [3.63, 3.8) is 0 Å². The third-order valence-corrected chi connectivity index (χ3v) is 0. The molecule has 0 aliphatic carbocycles. The van der Waals surface area contributed by atoms with E-state index in [1.165, 1.54) is 0 Å². The average molecular weight is 373 g/mol. The van der Waals surface area contributed by atoms with Gasteiger partial charge in [0.05, 0.1) is 0 Å². The van der Waals surface area contributed by atoms with Crippen molar-refractivity contribution >= 4 is 63.0 Å². The van der Waals surface area contributed by atoms with Crippen LogP contribution in [-0.2, 0) is 11.1 Å². The molecule has 0 saturated heterocycles. The Morgan fingerprint density at radius 1 is 1.09 bits per heavy atom. The van der Waals surface area contributed by atoms with Crippen LogP contribution in [-0.4, -0.2) is 10.2 Å². The summed E-state index contributed by atoms with van der Waals surface area (Å²) < 4.78 is 0. The Hall–Kier alpha value is 1.17. The Morgan fingerprint density at radius 3 is 1.09 bits per heavy atom. The number of nitrogens with two attached hydrogens (primary N) is 2. The van der Waals surface area contributed by atoms with Crippen LogP contribution in [0.15, 0.2) is 0 Å². The molecule has 11 heavy (non-hydrogen) atoms.